The fourth-order valence-electron chi connectivity index (χ4n) is 10.5. The van der Waals surface area contributed by atoms with Crippen LogP contribution in [0, 0.1) is 0 Å². The molecule has 0 aliphatic carbocycles. The van der Waals surface area contributed by atoms with Crippen molar-refractivity contribution < 1.29 is 4.42 Å². The van der Waals surface area contributed by atoms with Crippen LogP contribution < -0.4 is 20.6 Å². The highest BCUT2D eigenvalue weighted by Crippen LogP contribution is 2.51. The molecule has 4 heteroatoms. The molecule has 10 aromatic rings. The molecule has 0 atom stereocenters. The van der Waals surface area contributed by atoms with Crippen molar-refractivity contribution in [2.75, 3.05) is 9.71 Å². The fourth-order valence-corrected chi connectivity index (χ4v) is 10.5. The highest BCUT2D eigenvalue weighted by Gasteiger charge is 2.46. The molecule has 3 nitrogen and oxygen atoms in total. The molecule has 0 N–H and O–H groups in total. The van der Waals surface area contributed by atoms with E-state index >= 15 is 0 Å². The molecular weight excluding hydrogens is 800 g/mol. The van der Waals surface area contributed by atoms with Gasteiger partial charge in [0.1, 0.15) is 11.2 Å². The maximum atomic E-state index is 6.80. The molecule has 0 saturated carbocycles. The van der Waals surface area contributed by atoms with Crippen LogP contribution >= 0.6 is 0 Å². The zero-order valence-corrected chi connectivity index (χ0v) is 38.4. The normalized spacial score (nSPS) is 13.2. The number of fused-ring (bicyclic) bond motifs is 7. The van der Waals surface area contributed by atoms with Crippen molar-refractivity contribution in [3.05, 3.63) is 211 Å². The summed E-state index contributed by atoms with van der Waals surface area (Å²) in [4.78, 5) is 5.18. The lowest BCUT2D eigenvalue weighted by atomic mass is 9.43. The number of hydrogen-bond acceptors (Lipinski definition) is 3. The third kappa shape index (κ3) is 6.50. The summed E-state index contributed by atoms with van der Waals surface area (Å²) in [6.45, 7) is 13.6. The summed E-state index contributed by atoms with van der Waals surface area (Å²) in [5.74, 6) is 0. The molecule has 0 fully saturated rings. The third-order valence-electron chi connectivity index (χ3n) is 14.0. The molecule has 0 spiro atoms. The lowest BCUT2D eigenvalue weighted by Crippen LogP contribution is -2.61. The van der Waals surface area contributed by atoms with Gasteiger partial charge in [-0.3, -0.25) is 0 Å². The summed E-state index contributed by atoms with van der Waals surface area (Å²) in [5.41, 5.74) is 22.1. The maximum Gasteiger partial charge on any atom is 0.333 e. The second kappa shape index (κ2) is 15.0. The molecule has 0 unspecified atom stereocenters. The molecule has 1 aromatic heterocycles. The molecule has 66 heavy (non-hydrogen) atoms. The second-order valence-corrected chi connectivity index (χ2v) is 20.2. The molecule has 0 amide bonds. The van der Waals surface area contributed by atoms with Crippen LogP contribution in [0.15, 0.2) is 205 Å². The van der Waals surface area contributed by atoms with Gasteiger partial charge in [0, 0.05) is 50.7 Å². The molecule has 0 saturated heterocycles. The second-order valence-electron chi connectivity index (χ2n) is 20.2. The van der Waals surface area contributed by atoms with E-state index in [-0.39, 0.29) is 17.7 Å². The number of hydrogen-bond donors (Lipinski definition) is 0. The van der Waals surface area contributed by atoms with Crippen molar-refractivity contribution >= 4 is 68.1 Å². The van der Waals surface area contributed by atoms with E-state index in [1.165, 1.54) is 72.2 Å². The van der Waals surface area contributed by atoms with Crippen molar-refractivity contribution in [3.8, 4) is 44.5 Å². The van der Waals surface area contributed by atoms with Crippen molar-refractivity contribution in [2.24, 2.45) is 0 Å². The summed E-state index contributed by atoms with van der Waals surface area (Å²) in [6, 6.07) is 74.4. The van der Waals surface area contributed by atoms with Crippen molar-refractivity contribution in [1.82, 2.24) is 0 Å². The Morgan fingerprint density at radius 3 is 1.65 bits per heavy atom. The summed E-state index contributed by atoms with van der Waals surface area (Å²) < 4.78 is 6.80. The van der Waals surface area contributed by atoms with Crippen LogP contribution in [0.4, 0.5) is 28.4 Å². The van der Waals surface area contributed by atoms with Crippen LogP contribution in [-0.4, -0.2) is 6.85 Å². The van der Waals surface area contributed by atoms with E-state index in [0.29, 0.717) is 0 Å². The fraction of sp³-hybridized carbons (Fsp3) is 0.129. The highest BCUT2D eigenvalue weighted by atomic mass is 16.3. The smallest absolute Gasteiger partial charge is 0.333 e. The lowest BCUT2D eigenvalue weighted by molar-refractivity contribution is 0.590. The molecule has 0 radical (unpaired) electrons. The maximum absolute atomic E-state index is 6.80. The molecule has 2 aliphatic heterocycles. The van der Waals surface area contributed by atoms with E-state index in [1.54, 1.807) is 0 Å². The number of rotatable bonds is 5. The molecular formula is C62H51BN2O. The van der Waals surface area contributed by atoms with Gasteiger partial charge in [0.15, 0.2) is 0 Å². The SMILES string of the molecule is CC(C)(C)c1ccc(N2B3c4cc5c(cc4N(c4ccc(C(C)(C)C)cc4-c4ccccc4)c4cc(-c6ccccc6)cc(c43)-c3cc(-c4ccccc4)ccc32)oc2ccccc25)cc1. The first-order valence-corrected chi connectivity index (χ1v) is 23.3. The third-order valence-corrected chi connectivity index (χ3v) is 14.0. The summed E-state index contributed by atoms with van der Waals surface area (Å²) in [6.07, 6.45) is 0. The Bertz CT molecular complexity index is 3490. The highest BCUT2D eigenvalue weighted by molar-refractivity contribution is 6.93. The molecule has 9 aromatic carbocycles. The minimum atomic E-state index is -0.172. The molecule has 3 heterocycles. The first kappa shape index (κ1) is 40.0. The van der Waals surface area contributed by atoms with Gasteiger partial charge in [-0.25, -0.2) is 0 Å². The first-order chi connectivity index (χ1) is 32.0. The predicted molar refractivity (Wildman–Crippen MR) is 281 cm³/mol. The van der Waals surface area contributed by atoms with Crippen LogP contribution in [0.5, 0.6) is 0 Å². The van der Waals surface area contributed by atoms with Crippen LogP contribution in [0.3, 0.4) is 0 Å². The topological polar surface area (TPSA) is 19.6 Å². The average Bonchev–Trinajstić information content (AvgIpc) is 3.71. The standard InChI is InChI=1S/C62H51BN2O/c1-61(2,3)45-27-30-47(31-28-45)65-55-32-26-43(40-18-10-7-11-19-40)34-50(55)52-35-44(41-20-12-8-13-21-41)36-57-60(52)63(65)53-38-51-48-24-16-17-25-58(48)66-59(51)39-56(53)64(57)54-33-29-46(62(4,5)6)37-49(54)42-22-14-9-15-23-42/h7-39H,1-6H3. The van der Waals surface area contributed by atoms with E-state index in [9.17, 15) is 0 Å². The minimum absolute atomic E-state index is 0.0153. The van der Waals surface area contributed by atoms with Gasteiger partial charge in [-0.15, -0.1) is 0 Å². The summed E-state index contributed by atoms with van der Waals surface area (Å²) >= 11 is 0. The van der Waals surface area contributed by atoms with Crippen molar-refractivity contribution in [3.63, 3.8) is 0 Å². The predicted octanol–water partition coefficient (Wildman–Crippen LogP) is 15.9. The zero-order chi connectivity index (χ0) is 44.9. The number of benzene rings is 9. The van der Waals surface area contributed by atoms with Crippen molar-refractivity contribution in [2.45, 2.75) is 52.4 Å². The molecule has 318 valence electrons. The van der Waals surface area contributed by atoms with E-state index in [1.807, 2.05) is 0 Å². The van der Waals surface area contributed by atoms with E-state index in [0.717, 1.165) is 44.7 Å². The largest absolute Gasteiger partial charge is 0.456 e. The van der Waals surface area contributed by atoms with Crippen LogP contribution in [0.25, 0.3) is 66.4 Å². The van der Waals surface area contributed by atoms with Gasteiger partial charge in [-0.05, 0) is 121 Å². The molecule has 12 rings (SSSR count). The van der Waals surface area contributed by atoms with Gasteiger partial charge in [-0.2, -0.15) is 0 Å². The summed E-state index contributed by atoms with van der Waals surface area (Å²) in [5, 5.41) is 2.24. The number of para-hydroxylation sites is 1. The average molecular weight is 851 g/mol. The first-order valence-electron chi connectivity index (χ1n) is 23.3. The molecule has 0 bridgehead atoms. The Balaban J connectivity index is 1.24. The van der Waals surface area contributed by atoms with E-state index in [4.69, 9.17) is 4.42 Å². The van der Waals surface area contributed by atoms with Crippen molar-refractivity contribution in [1.29, 1.82) is 0 Å². The van der Waals surface area contributed by atoms with Crippen LogP contribution in [0.2, 0.25) is 0 Å². The Morgan fingerprint density at radius 1 is 0.379 bits per heavy atom. The van der Waals surface area contributed by atoms with E-state index in [2.05, 4.69) is 251 Å². The van der Waals surface area contributed by atoms with Gasteiger partial charge in [0.2, 0.25) is 0 Å². The Labute approximate surface area is 388 Å². The zero-order valence-electron chi connectivity index (χ0n) is 38.4. The monoisotopic (exact) mass is 850 g/mol. The van der Waals surface area contributed by atoms with Gasteiger partial charge in [0.05, 0.1) is 5.69 Å². The minimum Gasteiger partial charge on any atom is -0.456 e. The van der Waals surface area contributed by atoms with Gasteiger partial charge in [-0.1, -0.05) is 181 Å². The number of furan rings is 1. The van der Waals surface area contributed by atoms with Gasteiger partial charge >= 0.3 is 6.85 Å². The summed E-state index contributed by atoms with van der Waals surface area (Å²) in [7, 11) is 0. The number of anilines is 5. The Kier molecular flexibility index (Phi) is 9.09. The number of nitrogens with zero attached hydrogens (tertiary/aromatic N) is 2. The van der Waals surface area contributed by atoms with Crippen LogP contribution in [0.1, 0.15) is 52.7 Å². The Hall–Kier alpha value is -7.56. The lowest BCUT2D eigenvalue weighted by Gasteiger charge is -2.46. The molecule has 2 aliphatic rings. The van der Waals surface area contributed by atoms with E-state index < -0.39 is 0 Å². The van der Waals surface area contributed by atoms with Gasteiger partial charge in [0.25, 0.3) is 0 Å². The quantitative estimate of drug-likeness (QED) is 0.161. The van der Waals surface area contributed by atoms with Crippen LogP contribution in [-0.2, 0) is 10.8 Å². The Morgan fingerprint density at radius 2 is 0.970 bits per heavy atom. The van der Waals surface area contributed by atoms with Gasteiger partial charge < -0.3 is 14.1 Å².